The van der Waals surface area contributed by atoms with Gasteiger partial charge in [0.15, 0.2) is 5.69 Å². The zero-order valence-electron chi connectivity index (χ0n) is 10.2. The number of rotatable bonds is 3. The second kappa shape index (κ2) is 5.17. The molecule has 2 aromatic heterocycles. The normalized spacial score (nSPS) is 11.6. The van der Waals surface area contributed by atoms with Gasteiger partial charge in [-0.25, -0.2) is 0 Å². The zero-order valence-corrected chi connectivity index (χ0v) is 11.0. The van der Waals surface area contributed by atoms with E-state index in [1.807, 2.05) is 0 Å². The van der Waals surface area contributed by atoms with Gasteiger partial charge in [-0.15, -0.1) is 10.2 Å². The standard InChI is InChI=1S/C12H6F3N3O2S/c13-12(14,15)9-5-21-11(17-9)20-8-3-1-7(2-4-8)10-18-16-6-19-10/h1-6H. The summed E-state index contributed by atoms with van der Waals surface area (Å²) >= 11 is 0.779. The molecular weight excluding hydrogens is 307 g/mol. The second-order valence-corrected chi connectivity index (χ2v) is 4.69. The van der Waals surface area contributed by atoms with E-state index in [1.54, 1.807) is 24.3 Å². The molecule has 0 N–H and O–H groups in total. The Morgan fingerprint density at radius 1 is 1.14 bits per heavy atom. The number of thiazole rings is 1. The Morgan fingerprint density at radius 3 is 2.48 bits per heavy atom. The van der Waals surface area contributed by atoms with E-state index in [9.17, 15) is 13.2 Å². The Balaban J connectivity index is 1.75. The first-order valence-electron chi connectivity index (χ1n) is 5.59. The lowest BCUT2D eigenvalue weighted by Gasteiger charge is -2.02. The molecule has 2 heterocycles. The van der Waals surface area contributed by atoms with Crippen LogP contribution in [-0.2, 0) is 6.18 Å². The number of aromatic nitrogens is 3. The summed E-state index contributed by atoms with van der Waals surface area (Å²) in [6.45, 7) is 0. The molecule has 0 amide bonds. The molecule has 0 atom stereocenters. The largest absolute Gasteiger partial charge is 0.434 e. The number of benzene rings is 1. The molecule has 0 aliphatic heterocycles. The molecule has 21 heavy (non-hydrogen) atoms. The monoisotopic (exact) mass is 313 g/mol. The fraction of sp³-hybridized carbons (Fsp3) is 0.0833. The van der Waals surface area contributed by atoms with Crippen molar-refractivity contribution in [2.75, 3.05) is 0 Å². The fourth-order valence-electron chi connectivity index (χ4n) is 1.50. The third-order valence-electron chi connectivity index (χ3n) is 2.44. The molecule has 0 saturated carbocycles. The highest BCUT2D eigenvalue weighted by atomic mass is 32.1. The highest BCUT2D eigenvalue weighted by Crippen LogP contribution is 2.34. The highest BCUT2D eigenvalue weighted by molar-refractivity contribution is 7.11. The lowest BCUT2D eigenvalue weighted by Crippen LogP contribution is -2.04. The topological polar surface area (TPSA) is 61.0 Å². The minimum atomic E-state index is -4.47. The molecule has 3 rings (SSSR count). The lowest BCUT2D eigenvalue weighted by atomic mass is 10.2. The minimum Gasteiger partial charge on any atom is -0.431 e. The van der Waals surface area contributed by atoms with Crippen LogP contribution in [0.25, 0.3) is 11.5 Å². The van der Waals surface area contributed by atoms with Crippen molar-refractivity contribution in [3.63, 3.8) is 0 Å². The van der Waals surface area contributed by atoms with E-state index in [0.29, 0.717) is 17.2 Å². The number of alkyl halides is 3. The van der Waals surface area contributed by atoms with Gasteiger partial charge in [0, 0.05) is 10.9 Å². The van der Waals surface area contributed by atoms with E-state index < -0.39 is 11.9 Å². The molecule has 0 fully saturated rings. The van der Waals surface area contributed by atoms with Crippen LogP contribution >= 0.6 is 11.3 Å². The summed E-state index contributed by atoms with van der Waals surface area (Å²) in [7, 11) is 0. The molecular formula is C12H6F3N3O2S. The molecule has 0 aliphatic rings. The van der Waals surface area contributed by atoms with E-state index in [2.05, 4.69) is 15.2 Å². The van der Waals surface area contributed by atoms with Gasteiger partial charge in [-0.3, -0.25) is 0 Å². The predicted molar refractivity (Wildman–Crippen MR) is 66.9 cm³/mol. The molecule has 1 aromatic carbocycles. The fourth-order valence-corrected chi connectivity index (χ4v) is 2.19. The van der Waals surface area contributed by atoms with Crippen LogP contribution in [-0.4, -0.2) is 15.2 Å². The van der Waals surface area contributed by atoms with Crippen molar-refractivity contribution in [2.24, 2.45) is 0 Å². The van der Waals surface area contributed by atoms with Gasteiger partial charge in [0.2, 0.25) is 12.3 Å². The van der Waals surface area contributed by atoms with Crippen LogP contribution in [0.3, 0.4) is 0 Å². The van der Waals surface area contributed by atoms with Crippen LogP contribution in [0.5, 0.6) is 10.9 Å². The molecule has 0 unspecified atom stereocenters. The Labute approximate surface area is 120 Å². The van der Waals surface area contributed by atoms with Crippen molar-refractivity contribution in [1.82, 2.24) is 15.2 Å². The van der Waals surface area contributed by atoms with Gasteiger partial charge in [0.05, 0.1) is 0 Å². The maximum atomic E-state index is 12.4. The SMILES string of the molecule is FC(F)(F)c1csc(Oc2ccc(-c3nnco3)cc2)n1. The van der Waals surface area contributed by atoms with Crippen LogP contribution in [0.1, 0.15) is 5.69 Å². The van der Waals surface area contributed by atoms with Crippen LogP contribution in [0.2, 0.25) is 0 Å². The summed E-state index contributed by atoms with van der Waals surface area (Å²) in [6, 6.07) is 6.46. The van der Waals surface area contributed by atoms with E-state index >= 15 is 0 Å². The number of hydrogen-bond acceptors (Lipinski definition) is 6. The summed E-state index contributed by atoms with van der Waals surface area (Å²) in [4.78, 5) is 3.38. The summed E-state index contributed by atoms with van der Waals surface area (Å²) in [6.07, 6.45) is -3.27. The average molecular weight is 313 g/mol. The average Bonchev–Trinajstić information content (AvgIpc) is 3.09. The van der Waals surface area contributed by atoms with Crippen molar-refractivity contribution >= 4 is 11.3 Å². The van der Waals surface area contributed by atoms with Gasteiger partial charge >= 0.3 is 6.18 Å². The molecule has 3 aromatic rings. The van der Waals surface area contributed by atoms with E-state index in [4.69, 9.17) is 9.15 Å². The molecule has 9 heteroatoms. The maximum Gasteiger partial charge on any atom is 0.434 e. The zero-order chi connectivity index (χ0) is 14.9. The maximum absolute atomic E-state index is 12.4. The van der Waals surface area contributed by atoms with Crippen molar-refractivity contribution in [1.29, 1.82) is 0 Å². The quantitative estimate of drug-likeness (QED) is 0.731. The number of halogens is 3. The van der Waals surface area contributed by atoms with Crippen LogP contribution in [0, 0.1) is 0 Å². The summed E-state index contributed by atoms with van der Waals surface area (Å²) in [5, 5.41) is 8.12. The molecule has 108 valence electrons. The third kappa shape index (κ3) is 3.02. The predicted octanol–water partition coefficient (Wildman–Crippen LogP) is 4.00. The van der Waals surface area contributed by atoms with Gasteiger partial charge in [-0.2, -0.15) is 18.2 Å². The summed E-state index contributed by atoms with van der Waals surface area (Å²) in [5.74, 6) is 0.705. The van der Waals surface area contributed by atoms with E-state index in [1.165, 1.54) is 6.39 Å². The van der Waals surface area contributed by atoms with E-state index in [0.717, 1.165) is 16.7 Å². The Hall–Kier alpha value is -2.42. The smallest absolute Gasteiger partial charge is 0.431 e. The third-order valence-corrected chi connectivity index (χ3v) is 3.16. The Kier molecular flexibility index (Phi) is 3.34. The van der Waals surface area contributed by atoms with Crippen LogP contribution in [0.15, 0.2) is 40.5 Å². The first-order chi connectivity index (χ1) is 10.0. The van der Waals surface area contributed by atoms with Crippen molar-refractivity contribution in [2.45, 2.75) is 6.18 Å². The molecule has 0 radical (unpaired) electrons. The van der Waals surface area contributed by atoms with Crippen molar-refractivity contribution in [3.05, 3.63) is 41.7 Å². The van der Waals surface area contributed by atoms with Gasteiger partial charge < -0.3 is 9.15 Å². The van der Waals surface area contributed by atoms with Crippen molar-refractivity contribution in [3.8, 4) is 22.4 Å². The number of hydrogen-bond donors (Lipinski definition) is 0. The Morgan fingerprint density at radius 2 is 1.90 bits per heavy atom. The molecule has 0 aliphatic carbocycles. The van der Waals surface area contributed by atoms with Gasteiger partial charge in [-0.05, 0) is 24.3 Å². The molecule has 0 bridgehead atoms. The minimum absolute atomic E-state index is 0.0761. The first kappa shape index (κ1) is 13.6. The summed E-state index contributed by atoms with van der Waals surface area (Å²) in [5.41, 5.74) is -0.292. The van der Waals surface area contributed by atoms with Crippen LogP contribution < -0.4 is 4.74 Å². The number of ether oxygens (including phenoxy) is 1. The Bertz CT molecular complexity index is 723. The van der Waals surface area contributed by atoms with Gasteiger partial charge in [-0.1, -0.05) is 11.3 Å². The summed E-state index contributed by atoms with van der Waals surface area (Å²) < 4.78 is 47.5. The highest BCUT2D eigenvalue weighted by Gasteiger charge is 2.34. The first-order valence-corrected chi connectivity index (χ1v) is 6.47. The molecule has 0 saturated heterocycles. The lowest BCUT2D eigenvalue weighted by molar-refractivity contribution is -0.140. The van der Waals surface area contributed by atoms with E-state index in [-0.39, 0.29) is 5.19 Å². The molecule has 5 nitrogen and oxygen atoms in total. The molecule has 0 spiro atoms. The van der Waals surface area contributed by atoms with Gasteiger partial charge in [0.25, 0.3) is 5.19 Å². The number of nitrogens with zero attached hydrogens (tertiary/aromatic N) is 3. The van der Waals surface area contributed by atoms with Crippen LogP contribution in [0.4, 0.5) is 13.2 Å². The second-order valence-electron chi connectivity index (χ2n) is 3.87. The van der Waals surface area contributed by atoms with Crippen molar-refractivity contribution < 1.29 is 22.3 Å². The van der Waals surface area contributed by atoms with Gasteiger partial charge in [0.1, 0.15) is 5.75 Å².